The van der Waals surface area contributed by atoms with Gasteiger partial charge in [-0.25, -0.2) is 4.79 Å². The highest BCUT2D eigenvalue weighted by molar-refractivity contribution is 5.88. The molecular weight excluding hydrogens is 274 g/mol. The summed E-state index contributed by atoms with van der Waals surface area (Å²) in [4.78, 5) is 23.1. The summed E-state index contributed by atoms with van der Waals surface area (Å²) in [5.41, 5.74) is -0.0736. The molecule has 0 spiro atoms. The van der Waals surface area contributed by atoms with Gasteiger partial charge in [0.15, 0.2) is 0 Å². The first-order chi connectivity index (χ1) is 9.73. The van der Waals surface area contributed by atoms with Crippen molar-refractivity contribution in [3.05, 3.63) is 23.8 Å². The molecule has 116 valence electrons. The fraction of sp³-hybridized carbons (Fsp3) is 0.467. The van der Waals surface area contributed by atoms with Crippen LogP contribution in [-0.4, -0.2) is 29.4 Å². The van der Waals surface area contributed by atoms with Gasteiger partial charge in [0.1, 0.15) is 11.4 Å². The van der Waals surface area contributed by atoms with E-state index in [9.17, 15) is 14.7 Å². The van der Waals surface area contributed by atoms with E-state index in [1.165, 1.54) is 6.07 Å². The Labute approximate surface area is 124 Å². The van der Waals surface area contributed by atoms with Crippen molar-refractivity contribution in [2.45, 2.75) is 39.7 Å². The molecule has 2 N–H and O–H groups in total. The number of hydrogen-bond acceptors (Lipinski definition) is 5. The summed E-state index contributed by atoms with van der Waals surface area (Å²) < 4.78 is 9.93. The Morgan fingerprint density at radius 1 is 1.29 bits per heavy atom. The van der Waals surface area contributed by atoms with Crippen LogP contribution in [0.4, 0.5) is 10.5 Å². The third kappa shape index (κ3) is 5.72. The van der Waals surface area contributed by atoms with Crippen LogP contribution in [-0.2, 0) is 20.7 Å². The van der Waals surface area contributed by atoms with Gasteiger partial charge in [0.05, 0.1) is 18.7 Å². The molecule has 0 fully saturated rings. The number of hydrogen-bond donors (Lipinski definition) is 2. The lowest BCUT2D eigenvalue weighted by Crippen LogP contribution is -2.27. The summed E-state index contributed by atoms with van der Waals surface area (Å²) in [5.74, 6) is -0.612. The number of esters is 1. The minimum Gasteiger partial charge on any atom is -0.505 e. The molecule has 1 rings (SSSR count). The monoisotopic (exact) mass is 295 g/mol. The molecule has 0 aliphatic heterocycles. The average Bonchev–Trinajstić information content (AvgIpc) is 2.32. The van der Waals surface area contributed by atoms with Crippen LogP contribution in [0.1, 0.15) is 33.3 Å². The number of rotatable bonds is 4. The zero-order valence-electron chi connectivity index (χ0n) is 12.7. The highest BCUT2D eigenvalue weighted by Crippen LogP contribution is 2.28. The lowest BCUT2D eigenvalue weighted by Gasteiger charge is -2.20. The Balaban J connectivity index is 2.81. The number of para-hydroxylation sites is 1. The van der Waals surface area contributed by atoms with E-state index in [-0.39, 0.29) is 24.5 Å². The number of nitrogens with one attached hydrogen (secondary N) is 1. The number of phenols is 1. The SMILES string of the molecule is CCOC(=O)Cc1cccc(NC(=O)OC(C)(C)C)c1O. The van der Waals surface area contributed by atoms with Gasteiger partial charge in [-0.2, -0.15) is 0 Å². The van der Waals surface area contributed by atoms with E-state index in [0.29, 0.717) is 5.56 Å². The molecule has 6 heteroatoms. The van der Waals surface area contributed by atoms with Crippen LogP contribution >= 0.6 is 0 Å². The Bertz CT molecular complexity index is 519. The summed E-state index contributed by atoms with van der Waals surface area (Å²) in [7, 11) is 0. The van der Waals surface area contributed by atoms with E-state index in [4.69, 9.17) is 9.47 Å². The van der Waals surface area contributed by atoms with Gasteiger partial charge in [-0.05, 0) is 33.8 Å². The third-order valence-electron chi connectivity index (χ3n) is 2.40. The minimum absolute atomic E-state index is 0.0660. The van der Waals surface area contributed by atoms with Crippen LogP contribution in [0.3, 0.4) is 0 Å². The summed E-state index contributed by atoms with van der Waals surface area (Å²) in [6, 6.07) is 4.74. The van der Waals surface area contributed by atoms with Crippen LogP contribution < -0.4 is 5.32 Å². The number of amides is 1. The van der Waals surface area contributed by atoms with Gasteiger partial charge >= 0.3 is 12.1 Å². The van der Waals surface area contributed by atoms with Crippen molar-refractivity contribution in [1.29, 1.82) is 0 Å². The van der Waals surface area contributed by atoms with Crippen LogP contribution in [0.2, 0.25) is 0 Å². The Hall–Kier alpha value is -2.24. The van der Waals surface area contributed by atoms with Gasteiger partial charge in [0, 0.05) is 5.56 Å². The number of carbonyl (C=O) groups excluding carboxylic acids is 2. The summed E-state index contributed by atoms with van der Waals surface area (Å²) in [6.45, 7) is 7.20. The van der Waals surface area contributed by atoms with E-state index >= 15 is 0 Å². The lowest BCUT2D eigenvalue weighted by atomic mass is 10.1. The summed E-state index contributed by atoms with van der Waals surface area (Å²) >= 11 is 0. The molecule has 21 heavy (non-hydrogen) atoms. The highest BCUT2D eigenvalue weighted by atomic mass is 16.6. The zero-order chi connectivity index (χ0) is 16.0. The van der Waals surface area contributed by atoms with Gasteiger partial charge in [0.25, 0.3) is 0 Å². The van der Waals surface area contributed by atoms with Crippen LogP contribution in [0, 0.1) is 0 Å². The Morgan fingerprint density at radius 2 is 1.95 bits per heavy atom. The molecule has 0 atom stereocenters. The quantitative estimate of drug-likeness (QED) is 0.659. The topological polar surface area (TPSA) is 84.9 Å². The van der Waals surface area contributed by atoms with E-state index in [2.05, 4.69) is 5.32 Å². The van der Waals surface area contributed by atoms with Crippen molar-refractivity contribution < 1.29 is 24.2 Å². The number of anilines is 1. The Kier molecular flexibility index (Phi) is 5.58. The molecule has 0 bridgehead atoms. The second kappa shape index (κ2) is 6.97. The molecule has 0 radical (unpaired) electrons. The molecule has 0 heterocycles. The normalized spacial score (nSPS) is 10.9. The summed E-state index contributed by atoms with van der Waals surface area (Å²) in [5, 5.41) is 12.5. The third-order valence-corrected chi connectivity index (χ3v) is 2.40. The van der Waals surface area contributed by atoms with Crippen molar-refractivity contribution >= 4 is 17.7 Å². The number of aromatic hydroxyl groups is 1. The van der Waals surface area contributed by atoms with E-state index in [1.807, 2.05) is 0 Å². The lowest BCUT2D eigenvalue weighted by molar-refractivity contribution is -0.142. The van der Waals surface area contributed by atoms with Gasteiger partial charge in [-0.1, -0.05) is 12.1 Å². The molecule has 0 aromatic heterocycles. The number of benzene rings is 1. The maximum Gasteiger partial charge on any atom is 0.412 e. The molecule has 0 aliphatic rings. The van der Waals surface area contributed by atoms with Crippen LogP contribution in [0.5, 0.6) is 5.75 Å². The molecule has 0 aliphatic carbocycles. The van der Waals surface area contributed by atoms with Gasteiger partial charge in [-0.3, -0.25) is 10.1 Å². The first-order valence-electron chi connectivity index (χ1n) is 6.69. The predicted octanol–water partition coefficient (Wildman–Crippen LogP) is 2.84. The maximum atomic E-state index is 11.7. The number of phenolic OH excluding ortho intramolecular Hbond substituents is 1. The molecule has 1 aromatic rings. The van der Waals surface area contributed by atoms with Crippen molar-refractivity contribution in [2.75, 3.05) is 11.9 Å². The second-order valence-electron chi connectivity index (χ2n) is 5.42. The first kappa shape index (κ1) is 16.8. The standard InChI is InChI=1S/C15H21NO5/c1-5-20-12(17)9-10-7-6-8-11(13(10)18)16-14(19)21-15(2,3)4/h6-8,18H,5,9H2,1-4H3,(H,16,19). The molecule has 1 aromatic carbocycles. The van der Waals surface area contributed by atoms with Crippen molar-refractivity contribution in [1.82, 2.24) is 0 Å². The number of carbonyl (C=O) groups is 2. The Morgan fingerprint density at radius 3 is 2.52 bits per heavy atom. The van der Waals surface area contributed by atoms with Gasteiger partial charge < -0.3 is 14.6 Å². The van der Waals surface area contributed by atoms with Crippen molar-refractivity contribution in [2.24, 2.45) is 0 Å². The van der Waals surface area contributed by atoms with E-state index in [0.717, 1.165) is 0 Å². The molecule has 0 saturated carbocycles. The first-order valence-corrected chi connectivity index (χ1v) is 6.69. The maximum absolute atomic E-state index is 11.7. The van der Waals surface area contributed by atoms with Crippen molar-refractivity contribution in [3.8, 4) is 5.75 Å². The second-order valence-corrected chi connectivity index (χ2v) is 5.42. The van der Waals surface area contributed by atoms with Gasteiger partial charge in [0.2, 0.25) is 0 Å². The minimum atomic E-state index is -0.675. The average molecular weight is 295 g/mol. The van der Waals surface area contributed by atoms with Crippen LogP contribution in [0.25, 0.3) is 0 Å². The van der Waals surface area contributed by atoms with E-state index < -0.39 is 17.7 Å². The van der Waals surface area contributed by atoms with Gasteiger partial charge in [-0.15, -0.1) is 0 Å². The molecule has 0 saturated heterocycles. The predicted molar refractivity (Wildman–Crippen MR) is 78.3 cm³/mol. The largest absolute Gasteiger partial charge is 0.505 e. The zero-order valence-corrected chi connectivity index (χ0v) is 12.7. The van der Waals surface area contributed by atoms with E-state index in [1.54, 1.807) is 39.8 Å². The fourth-order valence-corrected chi connectivity index (χ4v) is 1.62. The molecule has 0 unspecified atom stereocenters. The molecule has 1 amide bonds. The smallest absolute Gasteiger partial charge is 0.412 e. The number of ether oxygens (including phenoxy) is 2. The summed E-state index contributed by atoms with van der Waals surface area (Å²) in [6.07, 6.45) is -0.741. The fourth-order valence-electron chi connectivity index (χ4n) is 1.62. The van der Waals surface area contributed by atoms with Crippen LogP contribution in [0.15, 0.2) is 18.2 Å². The molecular formula is C15H21NO5. The molecule has 6 nitrogen and oxygen atoms in total. The highest BCUT2D eigenvalue weighted by Gasteiger charge is 2.18. The van der Waals surface area contributed by atoms with Crippen molar-refractivity contribution in [3.63, 3.8) is 0 Å².